The molecule has 1 aliphatic rings. The molecule has 0 saturated heterocycles. The Kier molecular flexibility index (Phi) is 4.91. The van der Waals surface area contributed by atoms with E-state index in [1.165, 1.54) is 4.90 Å². The van der Waals surface area contributed by atoms with Gasteiger partial charge in [0.1, 0.15) is 0 Å². The Hall–Kier alpha value is -1.35. The Morgan fingerprint density at radius 1 is 1.39 bits per heavy atom. The number of hydrogen-bond acceptors (Lipinski definition) is 4. The molecule has 1 fully saturated rings. The molecule has 18 heavy (non-hydrogen) atoms. The molecule has 0 radical (unpaired) electrons. The van der Waals surface area contributed by atoms with Crippen LogP contribution in [0.25, 0.3) is 0 Å². The van der Waals surface area contributed by atoms with E-state index in [-0.39, 0.29) is 31.3 Å². The van der Waals surface area contributed by atoms with Crippen molar-refractivity contribution >= 4 is 22.0 Å². The summed E-state index contributed by atoms with van der Waals surface area (Å²) < 4.78 is 21.4. The predicted molar refractivity (Wildman–Crippen MR) is 63.4 cm³/mol. The maximum Gasteiger partial charge on any atom is 0.317 e. The van der Waals surface area contributed by atoms with E-state index in [0.29, 0.717) is 0 Å². The van der Waals surface area contributed by atoms with Gasteiger partial charge in [-0.25, -0.2) is 18.4 Å². The number of carbonyl (C=O) groups is 2. The number of nitrogens with zero attached hydrogens (tertiary/aromatic N) is 1. The number of aliphatic carboxylic acids is 1. The zero-order valence-electron chi connectivity index (χ0n) is 9.83. The molecule has 0 spiro atoms. The zero-order chi connectivity index (χ0) is 13.8. The van der Waals surface area contributed by atoms with Crippen LogP contribution in [0.5, 0.6) is 0 Å². The molecule has 4 N–H and O–H groups in total. The van der Waals surface area contributed by atoms with Crippen LogP contribution in [-0.2, 0) is 14.8 Å². The van der Waals surface area contributed by atoms with Gasteiger partial charge in [0, 0.05) is 19.1 Å². The first-order chi connectivity index (χ1) is 8.29. The van der Waals surface area contributed by atoms with Crippen LogP contribution in [0.15, 0.2) is 0 Å². The number of urea groups is 1. The second-order valence-corrected chi connectivity index (χ2v) is 5.90. The number of carboxylic acid groups (broad SMARTS) is 1. The van der Waals surface area contributed by atoms with Gasteiger partial charge >= 0.3 is 12.0 Å². The van der Waals surface area contributed by atoms with Crippen molar-refractivity contribution in [2.45, 2.75) is 25.3 Å². The number of carbonyl (C=O) groups excluding carboxylic acids is 1. The summed E-state index contributed by atoms with van der Waals surface area (Å²) in [7, 11) is -3.60. The third kappa shape index (κ3) is 5.82. The Balaban J connectivity index is 2.37. The van der Waals surface area contributed by atoms with Crippen LogP contribution in [0, 0.1) is 0 Å². The van der Waals surface area contributed by atoms with Crippen molar-refractivity contribution in [2.75, 3.05) is 18.8 Å². The Labute approximate surface area is 105 Å². The smallest absolute Gasteiger partial charge is 0.317 e. The highest BCUT2D eigenvalue weighted by molar-refractivity contribution is 7.89. The number of primary sulfonamides is 1. The van der Waals surface area contributed by atoms with Crippen LogP contribution in [0.2, 0.25) is 0 Å². The van der Waals surface area contributed by atoms with Gasteiger partial charge in [-0.05, 0) is 12.8 Å². The van der Waals surface area contributed by atoms with Crippen molar-refractivity contribution in [3.63, 3.8) is 0 Å². The summed E-state index contributed by atoms with van der Waals surface area (Å²) in [6.07, 6.45) is 1.57. The second kappa shape index (κ2) is 6.01. The maximum absolute atomic E-state index is 11.7. The lowest BCUT2D eigenvalue weighted by Crippen LogP contribution is -2.44. The summed E-state index contributed by atoms with van der Waals surface area (Å²) in [5.41, 5.74) is 0. The Morgan fingerprint density at radius 3 is 2.44 bits per heavy atom. The summed E-state index contributed by atoms with van der Waals surface area (Å²) in [4.78, 5) is 23.6. The molecule has 0 bridgehead atoms. The van der Waals surface area contributed by atoms with E-state index in [9.17, 15) is 18.0 Å². The zero-order valence-corrected chi connectivity index (χ0v) is 10.6. The molecule has 1 saturated carbocycles. The van der Waals surface area contributed by atoms with Gasteiger partial charge in [-0.15, -0.1) is 0 Å². The largest absolute Gasteiger partial charge is 0.481 e. The van der Waals surface area contributed by atoms with E-state index in [2.05, 4.69) is 5.32 Å². The number of sulfonamides is 1. The molecule has 0 atom stereocenters. The fourth-order valence-corrected chi connectivity index (χ4v) is 1.84. The van der Waals surface area contributed by atoms with E-state index in [1.807, 2.05) is 0 Å². The summed E-state index contributed by atoms with van der Waals surface area (Å²) in [5, 5.41) is 15.8. The number of rotatable bonds is 7. The number of amides is 2. The standard InChI is InChI=1S/C9H17N3O5S/c10-18(16,17)6-4-11-9(15)12(7-1-2-7)5-3-8(13)14/h7H,1-6H2,(H,11,15)(H,13,14)(H2,10,16,17). The van der Waals surface area contributed by atoms with Gasteiger partial charge in [0.25, 0.3) is 0 Å². The predicted octanol–water partition coefficient (Wildman–Crippen LogP) is -1.08. The molecular formula is C9H17N3O5S. The molecule has 0 aromatic rings. The van der Waals surface area contributed by atoms with E-state index < -0.39 is 22.0 Å². The fourth-order valence-electron chi connectivity index (χ4n) is 1.45. The van der Waals surface area contributed by atoms with Gasteiger partial charge in [0.2, 0.25) is 10.0 Å². The van der Waals surface area contributed by atoms with Crippen molar-refractivity contribution in [2.24, 2.45) is 5.14 Å². The first-order valence-corrected chi connectivity index (χ1v) is 7.28. The number of nitrogens with two attached hydrogens (primary N) is 1. The highest BCUT2D eigenvalue weighted by Crippen LogP contribution is 2.26. The molecule has 2 amide bonds. The molecule has 1 aliphatic carbocycles. The van der Waals surface area contributed by atoms with Crippen LogP contribution in [0.1, 0.15) is 19.3 Å². The molecule has 0 aromatic carbocycles. The van der Waals surface area contributed by atoms with Gasteiger partial charge in [-0.3, -0.25) is 4.79 Å². The Morgan fingerprint density at radius 2 is 2.00 bits per heavy atom. The number of hydrogen-bond donors (Lipinski definition) is 3. The lowest BCUT2D eigenvalue weighted by atomic mass is 10.4. The average molecular weight is 279 g/mol. The molecule has 8 nitrogen and oxygen atoms in total. The minimum absolute atomic E-state index is 0.0684. The molecular weight excluding hydrogens is 262 g/mol. The van der Waals surface area contributed by atoms with Gasteiger partial charge in [0.05, 0.1) is 12.2 Å². The van der Waals surface area contributed by atoms with Crippen molar-refractivity contribution in [3.05, 3.63) is 0 Å². The van der Waals surface area contributed by atoms with Crippen LogP contribution in [-0.4, -0.2) is 55.3 Å². The van der Waals surface area contributed by atoms with E-state index in [1.54, 1.807) is 0 Å². The number of nitrogens with one attached hydrogen (secondary N) is 1. The van der Waals surface area contributed by atoms with Crippen LogP contribution in [0.4, 0.5) is 4.79 Å². The van der Waals surface area contributed by atoms with Crippen LogP contribution < -0.4 is 10.5 Å². The van der Waals surface area contributed by atoms with E-state index in [4.69, 9.17) is 10.2 Å². The molecule has 104 valence electrons. The number of carboxylic acids is 1. The first kappa shape index (κ1) is 14.7. The fraction of sp³-hybridized carbons (Fsp3) is 0.778. The highest BCUT2D eigenvalue weighted by atomic mass is 32.2. The third-order valence-corrected chi connectivity index (χ3v) is 3.25. The molecule has 1 rings (SSSR count). The van der Waals surface area contributed by atoms with Gasteiger partial charge in [0.15, 0.2) is 0 Å². The molecule has 9 heteroatoms. The lowest BCUT2D eigenvalue weighted by molar-refractivity contribution is -0.137. The molecule has 0 aliphatic heterocycles. The lowest BCUT2D eigenvalue weighted by Gasteiger charge is -2.21. The van der Waals surface area contributed by atoms with Crippen molar-refractivity contribution in [1.29, 1.82) is 0 Å². The summed E-state index contributed by atoms with van der Waals surface area (Å²) in [6, 6.07) is -0.374. The van der Waals surface area contributed by atoms with E-state index in [0.717, 1.165) is 12.8 Å². The van der Waals surface area contributed by atoms with Crippen molar-refractivity contribution in [3.8, 4) is 0 Å². The average Bonchev–Trinajstić information content (AvgIpc) is 2.99. The summed E-state index contributed by atoms with van der Waals surface area (Å²) in [6.45, 7) is 0.0508. The highest BCUT2D eigenvalue weighted by Gasteiger charge is 2.32. The maximum atomic E-state index is 11.7. The topological polar surface area (TPSA) is 130 Å². The molecule has 0 aromatic heterocycles. The quantitative estimate of drug-likeness (QED) is 0.546. The minimum Gasteiger partial charge on any atom is -0.481 e. The SMILES string of the molecule is NS(=O)(=O)CCNC(=O)N(CCC(=O)O)C1CC1. The van der Waals surface area contributed by atoms with Gasteiger partial charge < -0.3 is 15.3 Å². The van der Waals surface area contributed by atoms with Gasteiger partial charge in [-0.2, -0.15) is 0 Å². The minimum atomic E-state index is -3.60. The third-order valence-electron chi connectivity index (χ3n) is 2.48. The summed E-state index contributed by atoms with van der Waals surface area (Å²) >= 11 is 0. The molecule has 0 unspecified atom stereocenters. The Bertz CT molecular complexity index is 418. The van der Waals surface area contributed by atoms with Crippen LogP contribution in [0.3, 0.4) is 0 Å². The monoisotopic (exact) mass is 279 g/mol. The summed E-state index contributed by atoms with van der Waals surface area (Å²) in [5.74, 6) is -1.31. The van der Waals surface area contributed by atoms with Crippen molar-refractivity contribution in [1.82, 2.24) is 10.2 Å². The molecule has 0 heterocycles. The van der Waals surface area contributed by atoms with Crippen molar-refractivity contribution < 1.29 is 23.1 Å². The first-order valence-electron chi connectivity index (χ1n) is 5.56. The normalized spacial score (nSPS) is 15.2. The van der Waals surface area contributed by atoms with Crippen LogP contribution >= 0.6 is 0 Å². The van der Waals surface area contributed by atoms with Gasteiger partial charge in [-0.1, -0.05) is 0 Å². The second-order valence-electron chi connectivity index (χ2n) is 4.17. The van der Waals surface area contributed by atoms with E-state index >= 15 is 0 Å².